The topological polar surface area (TPSA) is 124 Å². The maximum absolute atomic E-state index is 12.4. The highest BCUT2D eigenvalue weighted by Gasteiger charge is 2.12. The van der Waals surface area contributed by atoms with Gasteiger partial charge in [-0.25, -0.2) is 18.5 Å². The normalized spacial score (nSPS) is 11.2. The molecule has 0 aliphatic carbocycles. The number of amides is 1. The van der Waals surface area contributed by atoms with E-state index in [1.807, 2.05) is 30.3 Å². The lowest BCUT2D eigenvalue weighted by atomic mass is 10.1. The number of anilines is 1. The zero-order chi connectivity index (χ0) is 20.3. The summed E-state index contributed by atoms with van der Waals surface area (Å²) in [7, 11) is -3.80. The first kappa shape index (κ1) is 19.5. The highest BCUT2D eigenvalue weighted by atomic mass is 32.2. The Kier molecular flexibility index (Phi) is 5.39. The molecule has 3 N–H and O–H groups in total. The van der Waals surface area contributed by atoms with E-state index in [1.54, 1.807) is 6.92 Å². The second-order valence-corrected chi connectivity index (χ2v) is 7.66. The quantitative estimate of drug-likeness (QED) is 0.674. The first-order valence-electron chi connectivity index (χ1n) is 8.31. The van der Waals surface area contributed by atoms with Crippen molar-refractivity contribution in [2.75, 3.05) is 5.32 Å². The van der Waals surface area contributed by atoms with Crippen LogP contribution in [0, 0.1) is 6.92 Å². The maximum atomic E-state index is 12.4. The zero-order valence-corrected chi connectivity index (χ0v) is 15.8. The molecule has 0 fully saturated rings. The molecule has 8 nitrogen and oxygen atoms in total. The van der Waals surface area contributed by atoms with Gasteiger partial charge >= 0.3 is 0 Å². The summed E-state index contributed by atoms with van der Waals surface area (Å²) in [5.41, 5.74) is 1.40. The molecule has 0 aliphatic rings. The second-order valence-electron chi connectivity index (χ2n) is 6.10. The van der Waals surface area contributed by atoms with Crippen molar-refractivity contribution >= 4 is 21.6 Å². The molecule has 1 amide bonds. The van der Waals surface area contributed by atoms with E-state index in [-0.39, 0.29) is 17.0 Å². The lowest BCUT2D eigenvalue weighted by molar-refractivity contribution is -0.116. The van der Waals surface area contributed by atoms with Crippen molar-refractivity contribution in [1.29, 1.82) is 0 Å². The van der Waals surface area contributed by atoms with Crippen LogP contribution in [0.5, 0.6) is 0 Å². The summed E-state index contributed by atoms with van der Waals surface area (Å²) in [6, 6.07) is 16.1. The molecule has 9 heteroatoms. The molecule has 28 heavy (non-hydrogen) atoms. The number of nitrogens with zero attached hydrogens (tertiary/aromatic N) is 2. The van der Waals surface area contributed by atoms with E-state index in [2.05, 4.69) is 10.3 Å². The van der Waals surface area contributed by atoms with Gasteiger partial charge in [-0.2, -0.15) is 0 Å². The summed E-state index contributed by atoms with van der Waals surface area (Å²) in [5.74, 6) is -0.0334. The van der Waals surface area contributed by atoms with Crippen LogP contribution in [0.3, 0.4) is 0 Å². The van der Waals surface area contributed by atoms with Crippen LogP contribution in [0.25, 0.3) is 11.3 Å². The summed E-state index contributed by atoms with van der Waals surface area (Å²) < 4.78 is 23.8. The smallest absolute Gasteiger partial charge is 0.254 e. The summed E-state index contributed by atoms with van der Waals surface area (Å²) >= 11 is 0. The molecule has 2 aromatic carbocycles. The Morgan fingerprint density at radius 2 is 1.75 bits per heavy atom. The van der Waals surface area contributed by atoms with Gasteiger partial charge in [0.05, 0.1) is 10.6 Å². The minimum absolute atomic E-state index is 0.0572. The average molecular weight is 398 g/mol. The monoisotopic (exact) mass is 398 g/mol. The van der Waals surface area contributed by atoms with Crippen molar-refractivity contribution in [3.05, 3.63) is 76.8 Å². The van der Waals surface area contributed by atoms with Crippen molar-refractivity contribution in [2.45, 2.75) is 18.4 Å². The molecule has 1 heterocycles. The van der Waals surface area contributed by atoms with Crippen LogP contribution in [0.1, 0.15) is 5.82 Å². The molecule has 0 spiro atoms. The third-order valence-corrected chi connectivity index (χ3v) is 4.97. The molecule has 1 aromatic heterocycles. The average Bonchev–Trinajstić information content (AvgIpc) is 2.65. The summed E-state index contributed by atoms with van der Waals surface area (Å²) in [4.78, 5) is 29.1. The lowest BCUT2D eigenvalue weighted by Gasteiger charge is -2.11. The van der Waals surface area contributed by atoms with Gasteiger partial charge < -0.3 is 5.32 Å². The Hall–Kier alpha value is -3.30. The van der Waals surface area contributed by atoms with E-state index in [9.17, 15) is 18.0 Å². The van der Waals surface area contributed by atoms with Crippen LogP contribution in [-0.4, -0.2) is 23.9 Å². The fourth-order valence-electron chi connectivity index (χ4n) is 2.64. The lowest BCUT2D eigenvalue weighted by Crippen LogP contribution is -2.29. The summed E-state index contributed by atoms with van der Waals surface area (Å²) in [6.07, 6.45) is 0. The Bertz CT molecular complexity index is 1170. The number of carbonyl (C=O) groups excluding carboxylic acids is 1. The highest BCUT2D eigenvalue weighted by Crippen LogP contribution is 2.15. The predicted octanol–water partition coefficient (Wildman–Crippen LogP) is 1.50. The molecule has 0 aliphatic heterocycles. The standard InChI is InChI=1S/C19H18N4O4S/c1-13-21-17(14-5-3-2-4-6-14)11-19(25)23(13)12-18(24)22-15-7-9-16(10-8-15)28(20,26)27/h2-11H,12H2,1H3,(H,22,24)(H2,20,26,27). The van der Waals surface area contributed by atoms with Crippen LogP contribution in [0.4, 0.5) is 5.69 Å². The van der Waals surface area contributed by atoms with Crippen LogP contribution >= 0.6 is 0 Å². The molecule has 3 aromatic rings. The van der Waals surface area contributed by atoms with E-state index >= 15 is 0 Å². The van der Waals surface area contributed by atoms with Gasteiger partial charge in [-0.3, -0.25) is 14.2 Å². The number of hydrogen-bond donors (Lipinski definition) is 2. The van der Waals surface area contributed by atoms with Gasteiger partial charge in [0.1, 0.15) is 12.4 Å². The van der Waals surface area contributed by atoms with Gasteiger partial charge in [-0.15, -0.1) is 0 Å². The number of aryl methyl sites for hydroxylation is 1. The van der Waals surface area contributed by atoms with Crippen LogP contribution in [0.2, 0.25) is 0 Å². The molecule has 0 radical (unpaired) electrons. The number of sulfonamides is 1. The van der Waals surface area contributed by atoms with Gasteiger partial charge in [0.15, 0.2) is 0 Å². The Morgan fingerprint density at radius 1 is 1.11 bits per heavy atom. The van der Waals surface area contributed by atoms with Gasteiger partial charge in [-0.1, -0.05) is 30.3 Å². The molecule has 0 saturated carbocycles. The molecular formula is C19H18N4O4S. The third kappa shape index (κ3) is 4.51. The molecule has 144 valence electrons. The van der Waals surface area contributed by atoms with Crippen molar-refractivity contribution in [3.8, 4) is 11.3 Å². The SMILES string of the molecule is Cc1nc(-c2ccccc2)cc(=O)n1CC(=O)Nc1ccc(S(N)(=O)=O)cc1. The number of carbonyl (C=O) groups is 1. The van der Waals surface area contributed by atoms with Gasteiger partial charge in [0.2, 0.25) is 15.9 Å². The summed E-state index contributed by atoms with van der Waals surface area (Å²) in [6.45, 7) is 1.44. The molecule has 0 saturated heterocycles. The van der Waals surface area contributed by atoms with E-state index in [1.165, 1.54) is 34.9 Å². The Morgan fingerprint density at radius 3 is 2.32 bits per heavy atom. The minimum Gasteiger partial charge on any atom is -0.325 e. The number of nitrogens with two attached hydrogens (primary N) is 1. The maximum Gasteiger partial charge on any atom is 0.254 e. The summed E-state index contributed by atoms with van der Waals surface area (Å²) in [5, 5.41) is 7.65. The third-order valence-electron chi connectivity index (χ3n) is 4.04. The number of aromatic nitrogens is 2. The Labute approximate surface area is 161 Å². The number of rotatable bonds is 5. The number of benzene rings is 2. The number of hydrogen-bond acceptors (Lipinski definition) is 5. The van der Waals surface area contributed by atoms with E-state index in [0.29, 0.717) is 17.2 Å². The van der Waals surface area contributed by atoms with Crippen molar-refractivity contribution in [1.82, 2.24) is 9.55 Å². The molecular weight excluding hydrogens is 380 g/mol. The molecule has 0 unspecified atom stereocenters. The van der Waals surface area contributed by atoms with Crippen LogP contribution in [0.15, 0.2) is 70.4 Å². The van der Waals surface area contributed by atoms with Crippen molar-refractivity contribution in [2.24, 2.45) is 5.14 Å². The molecule has 3 rings (SSSR count). The van der Waals surface area contributed by atoms with Crippen LogP contribution in [-0.2, 0) is 21.4 Å². The van der Waals surface area contributed by atoms with Gasteiger partial charge in [0, 0.05) is 17.3 Å². The van der Waals surface area contributed by atoms with Gasteiger partial charge in [0.25, 0.3) is 5.56 Å². The number of nitrogens with one attached hydrogen (secondary N) is 1. The zero-order valence-electron chi connectivity index (χ0n) is 15.0. The first-order chi connectivity index (χ1) is 13.2. The van der Waals surface area contributed by atoms with Crippen molar-refractivity contribution < 1.29 is 13.2 Å². The fourth-order valence-corrected chi connectivity index (χ4v) is 3.16. The molecule has 0 bridgehead atoms. The largest absolute Gasteiger partial charge is 0.325 e. The van der Waals surface area contributed by atoms with E-state index < -0.39 is 15.9 Å². The second kappa shape index (κ2) is 7.75. The highest BCUT2D eigenvalue weighted by molar-refractivity contribution is 7.89. The Balaban J connectivity index is 1.76. The van der Waals surface area contributed by atoms with Crippen LogP contribution < -0.4 is 16.0 Å². The van der Waals surface area contributed by atoms with E-state index in [0.717, 1.165) is 5.56 Å². The predicted molar refractivity (Wildman–Crippen MR) is 105 cm³/mol. The number of primary sulfonamides is 1. The van der Waals surface area contributed by atoms with E-state index in [4.69, 9.17) is 5.14 Å². The minimum atomic E-state index is -3.80. The van der Waals surface area contributed by atoms with Gasteiger partial charge in [-0.05, 0) is 31.2 Å². The fraction of sp³-hybridized carbons (Fsp3) is 0.105. The first-order valence-corrected chi connectivity index (χ1v) is 9.85. The van der Waals surface area contributed by atoms with Crippen molar-refractivity contribution in [3.63, 3.8) is 0 Å². The molecule has 0 atom stereocenters.